The van der Waals surface area contributed by atoms with E-state index in [9.17, 15) is 9.59 Å². The highest BCUT2D eigenvalue weighted by molar-refractivity contribution is 8.26. The van der Waals surface area contributed by atoms with E-state index in [-0.39, 0.29) is 11.7 Å². The summed E-state index contributed by atoms with van der Waals surface area (Å²) in [5, 5.41) is 0. The number of methoxy groups -OCH3 is 1. The largest absolute Gasteiger partial charge is 0.457 e. The monoisotopic (exact) mass is 403 g/mol. The number of carbonyl (C=O) groups excluding carboxylic acids is 2. The predicted octanol–water partition coefficient (Wildman–Crippen LogP) is 3.74. The smallest absolute Gasteiger partial charge is 0.379 e. The molecule has 1 amide bonds. The molecule has 27 heavy (non-hydrogen) atoms. The lowest BCUT2D eigenvalue weighted by molar-refractivity contribution is -0.122. The van der Waals surface area contributed by atoms with E-state index in [2.05, 4.69) is 0 Å². The predicted molar refractivity (Wildman–Crippen MR) is 106 cm³/mol. The van der Waals surface area contributed by atoms with Crippen LogP contribution in [0.5, 0.6) is 5.75 Å². The fraction of sp³-hybridized carbons (Fsp3) is 0.211. The van der Waals surface area contributed by atoms with Crippen LogP contribution >= 0.6 is 24.0 Å². The summed E-state index contributed by atoms with van der Waals surface area (Å²) in [5.74, 6) is -0.143. The summed E-state index contributed by atoms with van der Waals surface area (Å²) in [7, 11) is 1.62. The summed E-state index contributed by atoms with van der Waals surface area (Å²) in [4.78, 5) is 26.5. The zero-order chi connectivity index (χ0) is 19.2. The Bertz CT molecular complexity index is 859. The first-order valence-corrected chi connectivity index (χ1v) is 9.41. The van der Waals surface area contributed by atoms with Crippen molar-refractivity contribution in [2.75, 3.05) is 20.3 Å². The molecule has 2 heterocycles. The Balaban J connectivity index is 1.64. The van der Waals surface area contributed by atoms with E-state index in [1.54, 1.807) is 48.4 Å². The lowest BCUT2D eigenvalue weighted by Crippen LogP contribution is -2.29. The molecule has 3 rings (SSSR count). The Kier molecular flexibility index (Phi) is 6.44. The SMILES string of the molecule is COCCCN1C(=O)/C(=C/c2ccc(OC(=O)c3ccco3)cc2)SC1=S. The van der Waals surface area contributed by atoms with Gasteiger partial charge in [0.25, 0.3) is 5.91 Å². The number of thioether (sulfide) groups is 1. The molecule has 1 saturated heterocycles. The van der Waals surface area contributed by atoms with Gasteiger partial charge < -0.3 is 13.9 Å². The number of hydrogen-bond acceptors (Lipinski definition) is 7. The van der Waals surface area contributed by atoms with E-state index >= 15 is 0 Å². The first-order chi connectivity index (χ1) is 13.1. The highest BCUT2D eigenvalue weighted by Crippen LogP contribution is 2.32. The van der Waals surface area contributed by atoms with Gasteiger partial charge in [0.2, 0.25) is 5.76 Å². The number of thiocarbonyl (C=S) groups is 1. The molecular weight excluding hydrogens is 386 g/mol. The molecular formula is C19H17NO5S2. The van der Waals surface area contributed by atoms with Crippen molar-refractivity contribution in [1.82, 2.24) is 4.90 Å². The van der Waals surface area contributed by atoms with Gasteiger partial charge in [-0.1, -0.05) is 36.1 Å². The molecule has 140 valence electrons. The molecule has 1 aromatic heterocycles. The third-order valence-corrected chi connectivity index (χ3v) is 5.09. The third kappa shape index (κ3) is 4.85. The molecule has 0 bridgehead atoms. The third-order valence-electron chi connectivity index (χ3n) is 3.71. The van der Waals surface area contributed by atoms with Gasteiger partial charge in [0.15, 0.2) is 0 Å². The Hall–Kier alpha value is -2.42. The van der Waals surface area contributed by atoms with Crippen molar-refractivity contribution in [3.63, 3.8) is 0 Å². The van der Waals surface area contributed by atoms with Crippen LogP contribution in [0.25, 0.3) is 6.08 Å². The second kappa shape index (κ2) is 8.98. The number of amides is 1. The number of furan rings is 1. The van der Waals surface area contributed by atoms with Crippen LogP contribution in [0.3, 0.4) is 0 Å². The van der Waals surface area contributed by atoms with Gasteiger partial charge in [-0.05, 0) is 42.3 Å². The molecule has 0 unspecified atom stereocenters. The molecule has 2 aromatic rings. The molecule has 0 saturated carbocycles. The minimum atomic E-state index is -0.565. The minimum absolute atomic E-state index is 0.102. The average molecular weight is 403 g/mol. The van der Waals surface area contributed by atoms with Crippen LogP contribution in [0.1, 0.15) is 22.5 Å². The summed E-state index contributed by atoms with van der Waals surface area (Å²) in [6.07, 6.45) is 3.91. The van der Waals surface area contributed by atoms with Crippen LogP contribution in [0.15, 0.2) is 52.0 Å². The van der Waals surface area contributed by atoms with Gasteiger partial charge in [0.1, 0.15) is 10.1 Å². The van der Waals surface area contributed by atoms with Crippen molar-refractivity contribution in [3.8, 4) is 5.75 Å². The fourth-order valence-electron chi connectivity index (χ4n) is 2.40. The standard InChI is InChI=1S/C19H17NO5S2/c1-23-10-3-9-20-17(21)16(27-19(20)26)12-13-5-7-14(8-6-13)25-18(22)15-4-2-11-24-15/h2,4-8,11-12H,3,9-10H2,1H3/b16-12-. The summed E-state index contributed by atoms with van der Waals surface area (Å²) in [6, 6.07) is 10.00. The number of rotatable bonds is 7. The van der Waals surface area contributed by atoms with E-state index in [4.69, 9.17) is 26.1 Å². The Morgan fingerprint density at radius 2 is 2.07 bits per heavy atom. The topological polar surface area (TPSA) is 69.0 Å². The normalized spacial score (nSPS) is 15.6. The van der Waals surface area contributed by atoms with Crippen LogP contribution in [0.2, 0.25) is 0 Å². The Morgan fingerprint density at radius 3 is 2.74 bits per heavy atom. The van der Waals surface area contributed by atoms with E-state index in [0.29, 0.717) is 28.1 Å². The van der Waals surface area contributed by atoms with Crippen LogP contribution in [0.4, 0.5) is 0 Å². The van der Waals surface area contributed by atoms with Gasteiger partial charge in [-0.25, -0.2) is 4.79 Å². The van der Waals surface area contributed by atoms with Gasteiger partial charge in [-0.3, -0.25) is 9.69 Å². The molecule has 1 fully saturated rings. The van der Waals surface area contributed by atoms with Gasteiger partial charge in [-0.2, -0.15) is 0 Å². The van der Waals surface area contributed by atoms with Gasteiger partial charge in [0, 0.05) is 20.3 Å². The van der Waals surface area contributed by atoms with Gasteiger partial charge >= 0.3 is 5.97 Å². The zero-order valence-corrected chi connectivity index (χ0v) is 16.2. The summed E-state index contributed by atoms with van der Waals surface area (Å²) in [5.41, 5.74) is 0.810. The first-order valence-electron chi connectivity index (χ1n) is 8.18. The van der Waals surface area contributed by atoms with Crippen molar-refractivity contribution < 1.29 is 23.5 Å². The second-order valence-electron chi connectivity index (χ2n) is 5.62. The number of esters is 1. The number of ether oxygens (including phenoxy) is 2. The van der Waals surface area contributed by atoms with Crippen LogP contribution < -0.4 is 4.74 Å². The quantitative estimate of drug-likeness (QED) is 0.229. The number of benzene rings is 1. The molecule has 0 radical (unpaired) electrons. The van der Waals surface area contributed by atoms with Crippen LogP contribution in [0, 0.1) is 0 Å². The van der Waals surface area contributed by atoms with Crippen molar-refractivity contribution in [3.05, 3.63) is 58.9 Å². The number of carbonyl (C=O) groups is 2. The second-order valence-corrected chi connectivity index (χ2v) is 7.29. The maximum Gasteiger partial charge on any atom is 0.379 e. The maximum absolute atomic E-state index is 12.5. The Morgan fingerprint density at radius 1 is 1.30 bits per heavy atom. The molecule has 8 heteroatoms. The van der Waals surface area contributed by atoms with E-state index < -0.39 is 5.97 Å². The molecule has 0 aliphatic carbocycles. The molecule has 1 aliphatic rings. The summed E-state index contributed by atoms with van der Waals surface area (Å²) in [6.45, 7) is 1.12. The molecule has 0 N–H and O–H groups in total. The highest BCUT2D eigenvalue weighted by atomic mass is 32.2. The van der Waals surface area contributed by atoms with Gasteiger partial charge in [-0.15, -0.1) is 0 Å². The number of hydrogen-bond donors (Lipinski definition) is 0. The van der Waals surface area contributed by atoms with Crippen LogP contribution in [-0.2, 0) is 9.53 Å². The Labute approximate surface area is 166 Å². The van der Waals surface area contributed by atoms with E-state index in [1.807, 2.05) is 0 Å². The lowest BCUT2D eigenvalue weighted by atomic mass is 10.2. The lowest BCUT2D eigenvalue weighted by Gasteiger charge is -2.13. The van der Waals surface area contributed by atoms with E-state index in [0.717, 1.165) is 12.0 Å². The minimum Gasteiger partial charge on any atom is -0.457 e. The molecule has 1 aliphatic heterocycles. The summed E-state index contributed by atoms with van der Waals surface area (Å²) < 4.78 is 15.8. The number of nitrogens with zero attached hydrogens (tertiary/aromatic N) is 1. The van der Waals surface area contributed by atoms with Crippen molar-refractivity contribution >= 4 is 46.3 Å². The average Bonchev–Trinajstić information content (AvgIpc) is 3.28. The van der Waals surface area contributed by atoms with E-state index in [1.165, 1.54) is 24.1 Å². The molecule has 1 aromatic carbocycles. The highest BCUT2D eigenvalue weighted by Gasteiger charge is 2.31. The molecule has 0 atom stereocenters. The first kappa shape index (κ1) is 19.3. The van der Waals surface area contributed by atoms with Gasteiger partial charge in [0.05, 0.1) is 11.2 Å². The zero-order valence-electron chi connectivity index (χ0n) is 14.5. The van der Waals surface area contributed by atoms with Crippen LogP contribution in [-0.4, -0.2) is 41.4 Å². The van der Waals surface area contributed by atoms with Crippen molar-refractivity contribution in [1.29, 1.82) is 0 Å². The fourth-order valence-corrected chi connectivity index (χ4v) is 3.70. The van der Waals surface area contributed by atoms with Crippen molar-refractivity contribution in [2.45, 2.75) is 6.42 Å². The maximum atomic E-state index is 12.5. The summed E-state index contributed by atoms with van der Waals surface area (Å²) >= 11 is 6.57. The molecule has 6 nitrogen and oxygen atoms in total. The van der Waals surface area contributed by atoms with Crippen molar-refractivity contribution in [2.24, 2.45) is 0 Å². The molecule has 0 spiro atoms.